The summed E-state index contributed by atoms with van der Waals surface area (Å²) in [6, 6.07) is 8.15. The van der Waals surface area contributed by atoms with Crippen molar-refractivity contribution in [3.63, 3.8) is 0 Å². The van der Waals surface area contributed by atoms with Gasteiger partial charge in [0.05, 0.1) is 18.8 Å². The minimum Gasteiger partial charge on any atom is -0.389 e. The van der Waals surface area contributed by atoms with Gasteiger partial charge in [0.25, 0.3) is 0 Å². The molecule has 4 heteroatoms. The number of hydrogen-bond donors (Lipinski definition) is 2. The summed E-state index contributed by atoms with van der Waals surface area (Å²) < 4.78 is 11.1. The fourth-order valence-electron chi connectivity index (χ4n) is 2.65. The zero-order chi connectivity index (χ0) is 13.1. The molecule has 0 unspecified atom stereocenters. The number of nitrogens with one attached hydrogen (secondary N) is 1. The Bertz CT molecular complexity index is 425. The van der Waals surface area contributed by atoms with Gasteiger partial charge in [0.1, 0.15) is 0 Å². The van der Waals surface area contributed by atoms with Gasteiger partial charge < -0.3 is 19.9 Å². The first-order valence-electron chi connectivity index (χ1n) is 7.01. The Balaban J connectivity index is 1.60. The molecule has 19 heavy (non-hydrogen) atoms. The molecule has 1 heterocycles. The van der Waals surface area contributed by atoms with Crippen LogP contribution < -0.4 is 5.32 Å². The van der Waals surface area contributed by atoms with Crippen LogP contribution in [0, 0.1) is 0 Å². The molecular weight excluding hydrogens is 242 g/mol. The summed E-state index contributed by atoms with van der Waals surface area (Å²) in [5.41, 5.74) is 1.79. The van der Waals surface area contributed by atoms with Crippen molar-refractivity contribution in [2.45, 2.75) is 37.7 Å². The van der Waals surface area contributed by atoms with Gasteiger partial charge in [-0.25, -0.2) is 0 Å². The first-order chi connectivity index (χ1) is 9.27. The summed E-state index contributed by atoms with van der Waals surface area (Å²) in [5.74, 6) is 0. The van der Waals surface area contributed by atoms with Gasteiger partial charge in [-0.3, -0.25) is 0 Å². The third-order valence-electron chi connectivity index (χ3n) is 3.98. The number of rotatable bonds is 5. The third kappa shape index (κ3) is 2.98. The second-order valence-electron chi connectivity index (χ2n) is 5.45. The van der Waals surface area contributed by atoms with E-state index in [2.05, 4.69) is 11.4 Å². The van der Waals surface area contributed by atoms with E-state index in [1.807, 2.05) is 18.2 Å². The SMILES string of the molecule is OC1(CNCc2ccccc2C2OCCO2)CCC1. The van der Waals surface area contributed by atoms with E-state index < -0.39 is 5.60 Å². The van der Waals surface area contributed by atoms with Crippen molar-refractivity contribution in [3.05, 3.63) is 35.4 Å². The average Bonchev–Trinajstić information content (AvgIpc) is 2.91. The highest BCUT2D eigenvalue weighted by atomic mass is 16.7. The Labute approximate surface area is 113 Å². The number of ether oxygens (including phenoxy) is 2. The molecule has 1 aromatic rings. The molecule has 0 spiro atoms. The van der Waals surface area contributed by atoms with Gasteiger partial charge in [-0.2, -0.15) is 0 Å². The fraction of sp³-hybridized carbons (Fsp3) is 0.600. The smallest absolute Gasteiger partial charge is 0.184 e. The van der Waals surface area contributed by atoms with E-state index in [9.17, 15) is 5.11 Å². The lowest BCUT2D eigenvalue weighted by Crippen LogP contribution is -2.46. The molecule has 3 rings (SSSR count). The molecule has 0 bridgehead atoms. The van der Waals surface area contributed by atoms with Crippen molar-refractivity contribution < 1.29 is 14.6 Å². The van der Waals surface area contributed by atoms with Crippen LogP contribution in [-0.2, 0) is 16.0 Å². The van der Waals surface area contributed by atoms with Crippen molar-refractivity contribution in [1.29, 1.82) is 0 Å². The highest BCUT2D eigenvalue weighted by Gasteiger charge is 2.33. The highest BCUT2D eigenvalue weighted by molar-refractivity contribution is 5.28. The van der Waals surface area contributed by atoms with Crippen LogP contribution >= 0.6 is 0 Å². The van der Waals surface area contributed by atoms with Crippen molar-refractivity contribution in [2.24, 2.45) is 0 Å². The topological polar surface area (TPSA) is 50.7 Å². The molecule has 2 fully saturated rings. The van der Waals surface area contributed by atoms with Crippen LogP contribution in [-0.4, -0.2) is 30.5 Å². The van der Waals surface area contributed by atoms with Gasteiger partial charge in [0, 0.05) is 18.7 Å². The van der Waals surface area contributed by atoms with Gasteiger partial charge in [-0.1, -0.05) is 24.3 Å². The molecule has 2 aliphatic rings. The second-order valence-corrected chi connectivity index (χ2v) is 5.45. The van der Waals surface area contributed by atoms with Crippen molar-refractivity contribution in [1.82, 2.24) is 5.32 Å². The monoisotopic (exact) mass is 263 g/mol. The predicted octanol–water partition coefficient (Wildman–Crippen LogP) is 1.74. The van der Waals surface area contributed by atoms with Gasteiger partial charge in [0.2, 0.25) is 0 Å². The quantitative estimate of drug-likeness (QED) is 0.849. The molecule has 0 radical (unpaired) electrons. The van der Waals surface area contributed by atoms with E-state index in [1.165, 1.54) is 5.56 Å². The van der Waals surface area contributed by atoms with Crippen molar-refractivity contribution in [2.75, 3.05) is 19.8 Å². The lowest BCUT2D eigenvalue weighted by Gasteiger charge is -2.36. The minimum atomic E-state index is -0.477. The summed E-state index contributed by atoms with van der Waals surface area (Å²) in [4.78, 5) is 0. The summed E-state index contributed by atoms with van der Waals surface area (Å²) in [6.07, 6.45) is 2.73. The second kappa shape index (κ2) is 5.59. The number of hydrogen-bond acceptors (Lipinski definition) is 4. The van der Waals surface area contributed by atoms with Gasteiger partial charge in [-0.15, -0.1) is 0 Å². The van der Waals surface area contributed by atoms with E-state index in [-0.39, 0.29) is 6.29 Å². The Morgan fingerprint density at radius 2 is 1.95 bits per heavy atom. The molecular formula is C15H21NO3. The molecule has 0 atom stereocenters. The van der Waals surface area contributed by atoms with Gasteiger partial charge >= 0.3 is 0 Å². The van der Waals surface area contributed by atoms with E-state index >= 15 is 0 Å². The molecule has 1 aliphatic carbocycles. The van der Waals surface area contributed by atoms with Crippen LogP contribution in [0.3, 0.4) is 0 Å². The molecule has 1 saturated heterocycles. The molecule has 0 aromatic heterocycles. The first-order valence-corrected chi connectivity index (χ1v) is 7.01. The summed E-state index contributed by atoms with van der Waals surface area (Å²) in [5, 5.41) is 13.4. The first kappa shape index (κ1) is 13.1. The Hall–Kier alpha value is -0.940. The summed E-state index contributed by atoms with van der Waals surface area (Å²) >= 11 is 0. The molecule has 2 N–H and O–H groups in total. The van der Waals surface area contributed by atoms with Crippen LogP contribution in [0.5, 0.6) is 0 Å². The zero-order valence-electron chi connectivity index (χ0n) is 11.1. The maximum atomic E-state index is 10.1. The van der Waals surface area contributed by atoms with Crippen LogP contribution in [0.25, 0.3) is 0 Å². The highest BCUT2D eigenvalue weighted by Crippen LogP contribution is 2.31. The normalized spacial score (nSPS) is 22.4. The molecule has 1 aromatic carbocycles. The van der Waals surface area contributed by atoms with Crippen LogP contribution in [0.4, 0.5) is 0 Å². The Kier molecular flexibility index (Phi) is 3.84. The largest absolute Gasteiger partial charge is 0.389 e. The van der Waals surface area contributed by atoms with E-state index in [0.29, 0.717) is 19.8 Å². The molecule has 104 valence electrons. The molecule has 0 amide bonds. The Morgan fingerprint density at radius 3 is 2.63 bits per heavy atom. The standard InChI is InChI=1S/C15H21NO3/c17-15(6-3-7-15)11-16-10-12-4-1-2-5-13(12)14-18-8-9-19-14/h1-2,4-5,14,16-17H,3,6-11H2. The predicted molar refractivity (Wildman–Crippen MR) is 71.6 cm³/mol. The van der Waals surface area contributed by atoms with Crippen LogP contribution in [0.1, 0.15) is 36.7 Å². The Morgan fingerprint density at radius 1 is 1.21 bits per heavy atom. The lowest BCUT2D eigenvalue weighted by atomic mass is 9.80. The van der Waals surface area contributed by atoms with E-state index in [0.717, 1.165) is 31.4 Å². The lowest BCUT2D eigenvalue weighted by molar-refractivity contribution is -0.0450. The maximum Gasteiger partial charge on any atom is 0.184 e. The number of aliphatic hydroxyl groups is 1. The molecule has 1 saturated carbocycles. The average molecular weight is 263 g/mol. The molecule has 4 nitrogen and oxygen atoms in total. The zero-order valence-corrected chi connectivity index (χ0v) is 11.1. The van der Waals surface area contributed by atoms with Gasteiger partial charge in [0.15, 0.2) is 6.29 Å². The summed E-state index contributed by atoms with van der Waals surface area (Å²) in [7, 11) is 0. The minimum absolute atomic E-state index is 0.232. The number of benzene rings is 1. The fourth-order valence-corrected chi connectivity index (χ4v) is 2.65. The molecule has 1 aliphatic heterocycles. The summed E-state index contributed by atoms with van der Waals surface area (Å²) in [6.45, 7) is 2.72. The third-order valence-corrected chi connectivity index (χ3v) is 3.98. The maximum absolute atomic E-state index is 10.1. The van der Waals surface area contributed by atoms with Crippen LogP contribution in [0.2, 0.25) is 0 Å². The van der Waals surface area contributed by atoms with E-state index in [1.54, 1.807) is 0 Å². The van der Waals surface area contributed by atoms with Crippen molar-refractivity contribution >= 4 is 0 Å². The van der Waals surface area contributed by atoms with Crippen molar-refractivity contribution in [3.8, 4) is 0 Å². The van der Waals surface area contributed by atoms with E-state index in [4.69, 9.17) is 9.47 Å². The van der Waals surface area contributed by atoms with Crippen LogP contribution in [0.15, 0.2) is 24.3 Å². The van der Waals surface area contributed by atoms with Gasteiger partial charge in [-0.05, 0) is 24.8 Å².